The summed E-state index contributed by atoms with van der Waals surface area (Å²) < 4.78 is 0. The number of piperazine rings is 1. The van der Waals surface area contributed by atoms with Crippen molar-refractivity contribution in [3.63, 3.8) is 0 Å². The normalized spacial score (nSPS) is 16.9. The van der Waals surface area contributed by atoms with Gasteiger partial charge in [0.15, 0.2) is 5.11 Å². The maximum Gasteiger partial charge on any atom is 0.173 e. The highest BCUT2D eigenvalue weighted by Crippen LogP contribution is 2.20. The van der Waals surface area contributed by atoms with Gasteiger partial charge in [0, 0.05) is 0 Å². The number of rotatable bonds is 1. The number of halogens is 1. The molecular formula is C12H17ClN3S+. The predicted octanol–water partition coefficient (Wildman–Crippen LogP) is 0.867. The minimum absolute atomic E-state index is 0.703. The van der Waals surface area contributed by atoms with Crippen LogP contribution < -0.4 is 10.2 Å². The molecule has 5 heteroatoms. The number of hydrogen-bond acceptors (Lipinski definition) is 1. The minimum atomic E-state index is 0.703. The molecule has 17 heavy (non-hydrogen) atoms. The predicted molar refractivity (Wildman–Crippen MR) is 75.9 cm³/mol. The number of para-hydroxylation sites is 1. The smallest absolute Gasteiger partial charge is 0.173 e. The average molecular weight is 271 g/mol. The van der Waals surface area contributed by atoms with Gasteiger partial charge in [0.05, 0.1) is 43.9 Å². The molecule has 0 amide bonds. The van der Waals surface area contributed by atoms with Crippen LogP contribution in [0.2, 0.25) is 5.02 Å². The van der Waals surface area contributed by atoms with Gasteiger partial charge in [0.2, 0.25) is 0 Å². The Hall–Kier alpha value is -0.840. The fourth-order valence-electron chi connectivity index (χ4n) is 1.85. The summed E-state index contributed by atoms with van der Waals surface area (Å²) in [6.45, 7) is 4.26. The molecule has 0 saturated carbocycles. The number of thiocarbonyl (C=S) groups is 1. The number of hydrogen-bond donors (Lipinski definition) is 2. The maximum atomic E-state index is 6.09. The van der Waals surface area contributed by atoms with Crippen LogP contribution in [0.5, 0.6) is 0 Å². The number of quaternary nitrogens is 1. The Bertz CT molecular complexity index is 402. The first-order chi connectivity index (χ1) is 8.16. The maximum absolute atomic E-state index is 6.09. The Morgan fingerprint density at radius 3 is 2.65 bits per heavy atom. The van der Waals surface area contributed by atoms with E-state index in [-0.39, 0.29) is 0 Å². The van der Waals surface area contributed by atoms with Crippen LogP contribution in [0, 0.1) is 0 Å². The molecule has 0 atom stereocenters. The van der Waals surface area contributed by atoms with Crippen molar-refractivity contribution < 1.29 is 4.90 Å². The largest absolute Gasteiger partial charge is 0.338 e. The van der Waals surface area contributed by atoms with Gasteiger partial charge in [0.1, 0.15) is 0 Å². The van der Waals surface area contributed by atoms with E-state index >= 15 is 0 Å². The van der Waals surface area contributed by atoms with Crippen LogP contribution in [0.15, 0.2) is 24.3 Å². The fraction of sp³-hybridized carbons (Fsp3) is 0.417. The van der Waals surface area contributed by atoms with Crippen molar-refractivity contribution in [2.45, 2.75) is 0 Å². The Labute approximate surface area is 112 Å². The zero-order valence-corrected chi connectivity index (χ0v) is 11.4. The highest BCUT2D eigenvalue weighted by atomic mass is 35.5. The minimum Gasteiger partial charge on any atom is -0.338 e. The lowest BCUT2D eigenvalue weighted by molar-refractivity contribution is -0.883. The van der Waals surface area contributed by atoms with Crippen LogP contribution in [-0.2, 0) is 0 Å². The molecule has 1 aromatic carbocycles. The van der Waals surface area contributed by atoms with Gasteiger partial charge in [-0.2, -0.15) is 0 Å². The summed E-state index contributed by atoms with van der Waals surface area (Å²) in [7, 11) is 2.21. The highest BCUT2D eigenvalue weighted by Gasteiger charge is 2.19. The highest BCUT2D eigenvalue weighted by molar-refractivity contribution is 7.80. The number of nitrogens with one attached hydrogen (secondary N) is 2. The van der Waals surface area contributed by atoms with Gasteiger partial charge >= 0.3 is 0 Å². The molecule has 3 nitrogen and oxygen atoms in total. The second kappa shape index (κ2) is 5.67. The molecule has 2 rings (SSSR count). The van der Waals surface area contributed by atoms with Crippen LogP contribution >= 0.6 is 23.8 Å². The number of anilines is 1. The third-order valence-electron chi connectivity index (χ3n) is 3.02. The molecule has 0 aliphatic carbocycles. The van der Waals surface area contributed by atoms with E-state index < -0.39 is 0 Å². The molecule has 92 valence electrons. The second-order valence-corrected chi connectivity index (χ2v) is 5.15. The van der Waals surface area contributed by atoms with Crippen LogP contribution in [0.25, 0.3) is 0 Å². The van der Waals surface area contributed by atoms with E-state index in [2.05, 4.69) is 17.3 Å². The molecule has 1 aliphatic heterocycles. The molecule has 1 saturated heterocycles. The number of benzene rings is 1. The van der Waals surface area contributed by atoms with E-state index in [1.54, 1.807) is 4.90 Å². The van der Waals surface area contributed by atoms with Crippen molar-refractivity contribution in [3.05, 3.63) is 29.3 Å². The van der Waals surface area contributed by atoms with Gasteiger partial charge in [-0.05, 0) is 24.4 Å². The van der Waals surface area contributed by atoms with Gasteiger partial charge in [-0.3, -0.25) is 0 Å². The third kappa shape index (κ3) is 3.31. The lowest BCUT2D eigenvalue weighted by Gasteiger charge is -2.32. The first-order valence-electron chi connectivity index (χ1n) is 5.78. The fourth-order valence-corrected chi connectivity index (χ4v) is 2.32. The van der Waals surface area contributed by atoms with Crippen molar-refractivity contribution in [2.24, 2.45) is 0 Å². The summed E-state index contributed by atoms with van der Waals surface area (Å²) in [5.41, 5.74) is 0.880. The first kappa shape index (κ1) is 12.6. The zero-order valence-electron chi connectivity index (χ0n) is 9.87. The quantitative estimate of drug-likeness (QED) is 0.739. The Morgan fingerprint density at radius 2 is 2.00 bits per heavy atom. The number of likely N-dealkylation sites (N-methyl/N-ethyl adjacent to an activating group) is 1. The van der Waals surface area contributed by atoms with Crippen LogP contribution in [0.3, 0.4) is 0 Å². The van der Waals surface area contributed by atoms with Crippen molar-refractivity contribution in [1.29, 1.82) is 0 Å². The Morgan fingerprint density at radius 1 is 1.35 bits per heavy atom. The standard InChI is InChI=1S/C12H16ClN3S/c1-15-6-8-16(9-7-15)12(17)14-11-5-3-2-4-10(11)13/h2-5H,6-9H2,1H3,(H,14,17)/p+1. The van der Waals surface area contributed by atoms with Gasteiger partial charge in [-0.25, -0.2) is 0 Å². The van der Waals surface area contributed by atoms with Crippen LogP contribution in [0.1, 0.15) is 0 Å². The van der Waals surface area contributed by atoms with Crippen LogP contribution in [0.4, 0.5) is 5.69 Å². The van der Waals surface area contributed by atoms with E-state index in [9.17, 15) is 0 Å². The molecule has 0 unspecified atom stereocenters. The molecule has 0 spiro atoms. The van der Waals surface area contributed by atoms with Crippen molar-refractivity contribution >= 4 is 34.6 Å². The van der Waals surface area contributed by atoms with Gasteiger partial charge < -0.3 is 15.1 Å². The lowest BCUT2D eigenvalue weighted by atomic mass is 10.3. The molecule has 1 fully saturated rings. The molecule has 0 bridgehead atoms. The van der Waals surface area contributed by atoms with Gasteiger partial charge in [-0.15, -0.1) is 0 Å². The molecule has 0 aromatic heterocycles. The summed E-state index contributed by atoms with van der Waals surface area (Å²) in [4.78, 5) is 3.76. The van der Waals surface area contributed by atoms with E-state index in [1.165, 1.54) is 0 Å². The topological polar surface area (TPSA) is 19.7 Å². The summed E-state index contributed by atoms with van der Waals surface area (Å²) in [5, 5.41) is 4.68. The van der Waals surface area contributed by atoms with Crippen molar-refractivity contribution in [2.75, 3.05) is 38.5 Å². The molecule has 1 aromatic rings. The molecular weight excluding hydrogens is 254 g/mol. The van der Waals surface area contributed by atoms with E-state index in [4.69, 9.17) is 23.8 Å². The molecule has 1 aliphatic rings. The van der Waals surface area contributed by atoms with Gasteiger partial charge in [0.25, 0.3) is 0 Å². The lowest BCUT2D eigenvalue weighted by Crippen LogP contribution is -3.12. The average Bonchev–Trinajstić information content (AvgIpc) is 2.33. The summed E-state index contributed by atoms with van der Waals surface area (Å²) in [6, 6.07) is 7.66. The van der Waals surface area contributed by atoms with Crippen molar-refractivity contribution in [1.82, 2.24) is 4.90 Å². The van der Waals surface area contributed by atoms with E-state index in [0.29, 0.717) is 5.02 Å². The number of nitrogens with zero attached hydrogens (tertiary/aromatic N) is 1. The SMILES string of the molecule is C[NH+]1CCN(C(=S)Nc2ccccc2Cl)CC1. The Balaban J connectivity index is 1.95. The summed E-state index contributed by atoms with van der Waals surface area (Å²) in [5.74, 6) is 0. The molecule has 1 heterocycles. The zero-order chi connectivity index (χ0) is 12.3. The molecule has 2 N–H and O–H groups in total. The van der Waals surface area contributed by atoms with Gasteiger partial charge in [-0.1, -0.05) is 23.7 Å². The summed E-state index contributed by atoms with van der Waals surface area (Å²) in [6.07, 6.45) is 0. The van der Waals surface area contributed by atoms with E-state index in [0.717, 1.165) is 37.0 Å². The second-order valence-electron chi connectivity index (χ2n) is 4.35. The van der Waals surface area contributed by atoms with Crippen LogP contribution in [-0.4, -0.2) is 43.2 Å². The Kier molecular flexibility index (Phi) is 4.20. The summed E-state index contributed by atoms with van der Waals surface area (Å²) >= 11 is 11.5. The third-order valence-corrected chi connectivity index (χ3v) is 3.71. The van der Waals surface area contributed by atoms with E-state index in [1.807, 2.05) is 24.3 Å². The van der Waals surface area contributed by atoms with Crippen molar-refractivity contribution in [3.8, 4) is 0 Å². The first-order valence-corrected chi connectivity index (χ1v) is 6.57. The monoisotopic (exact) mass is 270 g/mol. The molecule has 0 radical (unpaired) electrons.